The summed E-state index contributed by atoms with van der Waals surface area (Å²) in [6.45, 7) is 0. The highest BCUT2D eigenvalue weighted by molar-refractivity contribution is 7.17. The summed E-state index contributed by atoms with van der Waals surface area (Å²) >= 11 is 1.33. The van der Waals surface area contributed by atoms with Crippen molar-refractivity contribution >= 4 is 21.4 Å². The summed E-state index contributed by atoms with van der Waals surface area (Å²) in [5, 5.41) is 11.6. The molecule has 74 valence electrons. The van der Waals surface area contributed by atoms with Gasteiger partial charge in [-0.25, -0.2) is 4.39 Å². The molecule has 0 amide bonds. The molecule has 1 aromatic heterocycles. The van der Waals surface area contributed by atoms with Gasteiger partial charge in [0, 0.05) is 10.8 Å². The first-order valence-corrected chi connectivity index (χ1v) is 5.79. The van der Waals surface area contributed by atoms with Gasteiger partial charge < -0.3 is 0 Å². The van der Waals surface area contributed by atoms with Crippen molar-refractivity contribution in [2.24, 2.45) is 0 Å². The summed E-state index contributed by atoms with van der Waals surface area (Å²) in [6.07, 6.45) is 2.34. The first-order chi connectivity index (χ1) is 7.31. The SMILES string of the molecule is N#Cc1csc2c(F)ccc(C3CC3)c12. The predicted molar refractivity (Wildman–Crippen MR) is 58.5 cm³/mol. The van der Waals surface area contributed by atoms with Crippen LogP contribution in [0.2, 0.25) is 0 Å². The van der Waals surface area contributed by atoms with E-state index in [0.717, 1.165) is 10.9 Å². The Hall–Kier alpha value is -1.40. The van der Waals surface area contributed by atoms with Crippen molar-refractivity contribution in [3.63, 3.8) is 0 Å². The van der Waals surface area contributed by atoms with Crippen LogP contribution in [0, 0.1) is 17.1 Å². The lowest BCUT2D eigenvalue weighted by Crippen LogP contribution is -1.85. The van der Waals surface area contributed by atoms with Crippen LogP contribution in [0.5, 0.6) is 0 Å². The molecule has 1 fully saturated rings. The Bertz CT molecular complexity index is 575. The van der Waals surface area contributed by atoms with E-state index in [9.17, 15) is 4.39 Å². The zero-order valence-electron chi connectivity index (χ0n) is 7.96. The first-order valence-electron chi connectivity index (χ1n) is 4.91. The molecule has 0 radical (unpaired) electrons. The number of thiophene rings is 1. The number of nitrogens with zero attached hydrogens (tertiary/aromatic N) is 1. The molecule has 3 rings (SSSR count). The van der Waals surface area contributed by atoms with Gasteiger partial charge in [-0.1, -0.05) is 6.07 Å². The molecule has 0 N–H and O–H groups in total. The Morgan fingerprint density at radius 3 is 2.87 bits per heavy atom. The second-order valence-electron chi connectivity index (χ2n) is 3.88. The number of fused-ring (bicyclic) bond motifs is 1. The highest BCUT2D eigenvalue weighted by Crippen LogP contribution is 2.45. The van der Waals surface area contributed by atoms with Crippen molar-refractivity contribution in [3.05, 3.63) is 34.5 Å². The van der Waals surface area contributed by atoms with Crippen LogP contribution in [0.1, 0.15) is 29.9 Å². The second kappa shape index (κ2) is 3.04. The van der Waals surface area contributed by atoms with E-state index in [1.165, 1.54) is 30.2 Å². The average Bonchev–Trinajstić information content (AvgIpc) is 2.98. The molecule has 1 saturated carbocycles. The van der Waals surface area contributed by atoms with Crippen molar-refractivity contribution in [1.29, 1.82) is 5.26 Å². The van der Waals surface area contributed by atoms with E-state index in [1.807, 2.05) is 6.07 Å². The summed E-state index contributed by atoms with van der Waals surface area (Å²) in [4.78, 5) is 0. The van der Waals surface area contributed by atoms with Crippen LogP contribution in [-0.2, 0) is 0 Å². The molecule has 1 aromatic carbocycles. The normalized spacial score (nSPS) is 15.5. The maximum absolute atomic E-state index is 13.5. The van der Waals surface area contributed by atoms with Crippen LogP contribution in [0.15, 0.2) is 17.5 Å². The average molecular weight is 217 g/mol. The van der Waals surface area contributed by atoms with Gasteiger partial charge >= 0.3 is 0 Å². The Labute approximate surface area is 90.8 Å². The third-order valence-corrected chi connectivity index (χ3v) is 3.83. The van der Waals surface area contributed by atoms with Crippen LogP contribution >= 0.6 is 11.3 Å². The van der Waals surface area contributed by atoms with Crippen molar-refractivity contribution in [1.82, 2.24) is 0 Å². The molecule has 0 saturated heterocycles. The maximum atomic E-state index is 13.5. The number of rotatable bonds is 1. The van der Waals surface area contributed by atoms with Gasteiger partial charge in [0.1, 0.15) is 11.9 Å². The molecule has 3 heteroatoms. The molecule has 0 atom stereocenters. The van der Waals surface area contributed by atoms with Crippen LogP contribution < -0.4 is 0 Å². The fourth-order valence-corrected chi connectivity index (χ4v) is 2.89. The van der Waals surface area contributed by atoms with Crippen molar-refractivity contribution in [3.8, 4) is 6.07 Å². The molecule has 1 heterocycles. The molecule has 1 nitrogen and oxygen atoms in total. The van der Waals surface area contributed by atoms with Crippen LogP contribution in [0.4, 0.5) is 4.39 Å². The zero-order valence-corrected chi connectivity index (χ0v) is 8.77. The standard InChI is InChI=1S/C12H8FNS/c13-10-4-3-9(7-1-2-7)11-8(5-14)6-15-12(10)11/h3-4,6-7H,1-2H2. The zero-order chi connectivity index (χ0) is 10.4. The molecule has 1 aliphatic rings. The minimum absolute atomic E-state index is 0.207. The summed E-state index contributed by atoms with van der Waals surface area (Å²) in [5.41, 5.74) is 1.78. The lowest BCUT2D eigenvalue weighted by atomic mass is 10.0. The Kier molecular flexibility index (Phi) is 1.80. The molecule has 0 bridgehead atoms. The second-order valence-corrected chi connectivity index (χ2v) is 4.76. The third-order valence-electron chi connectivity index (χ3n) is 2.84. The van der Waals surface area contributed by atoms with Crippen molar-refractivity contribution < 1.29 is 4.39 Å². The van der Waals surface area contributed by atoms with Gasteiger partial charge in [0.2, 0.25) is 0 Å². The summed E-state index contributed by atoms with van der Waals surface area (Å²) in [5.74, 6) is 0.343. The minimum Gasteiger partial charge on any atom is -0.205 e. The van der Waals surface area contributed by atoms with E-state index >= 15 is 0 Å². The summed E-state index contributed by atoms with van der Waals surface area (Å²) in [7, 11) is 0. The third kappa shape index (κ3) is 1.25. The smallest absolute Gasteiger partial charge is 0.141 e. The van der Waals surface area contributed by atoms with Gasteiger partial charge in [0.05, 0.1) is 10.3 Å². The van der Waals surface area contributed by atoms with E-state index in [0.29, 0.717) is 16.2 Å². The Morgan fingerprint density at radius 1 is 1.40 bits per heavy atom. The predicted octanol–water partition coefficient (Wildman–Crippen LogP) is 3.79. The number of halogens is 1. The Balaban J connectivity index is 2.40. The highest BCUT2D eigenvalue weighted by Gasteiger charge is 2.27. The fourth-order valence-electron chi connectivity index (χ4n) is 1.96. The van der Waals surface area contributed by atoms with Crippen LogP contribution in [-0.4, -0.2) is 0 Å². The summed E-state index contributed by atoms with van der Waals surface area (Å²) in [6, 6.07) is 5.50. The number of hydrogen-bond donors (Lipinski definition) is 0. The topological polar surface area (TPSA) is 23.8 Å². The molecule has 0 spiro atoms. The van der Waals surface area contributed by atoms with E-state index < -0.39 is 0 Å². The minimum atomic E-state index is -0.207. The number of benzene rings is 1. The van der Waals surface area contributed by atoms with Gasteiger partial charge in [0.25, 0.3) is 0 Å². The molecule has 2 aromatic rings. The lowest BCUT2D eigenvalue weighted by Gasteiger charge is -2.01. The quantitative estimate of drug-likeness (QED) is 0.713. The molecule has 0 unspecified atom stereocenters. The van der Waals surface area contributed by atoms with Crippen molar-refractivity contribution in [2.75, 3.05) is 0 Å². The summed E-state index contributed by atoms with van der Waals surface area (Å²) < 4.78 is 14.1. The highest BCUT2D eigenvalue weighted by atomic mass is 32.1. The monoisotopic (exact) mass is 217 g/mol. The van der Waals surface area contributed by atoms with Gasteiger partial charge in [-0.2, -0.15) is 5.26 Å². The Morgan fingerprint density at radius 2 is 2.20 bits per heavy atom. The number of hydrogen-bond acceptors (Lipinski definition) is 2. The first kappa shape index (κ1) is 8.87. The molecular weight excluding hydrogens is 209 g/mol. The van der Waals surface area contributed by atoms with Crippen molar-refractivity contribution in [2.45, 2.75) is 18.8 Å². The van der Waals surface area contributed by atoms with E-state index in [4.69, 9.17) is 5.26 Å². The lowest BCUT2D eigenvalue weighted by molar-refractivity contribution is 0.641. The van der Waals surface area contributed by atoms with Gasteiger partial charge in [-0.3, -0.25) is 0 Å². The molecule has 1 aliphatic carbocycles. The number of nitriles is 1. The van der Waals surface area contributed by atoms with Gasteiger partial charge in [-0.05, 0) is 30.4 Å². The van der Waals surface area contributed by atoms with Crippen LogP contribution in [0.3, 0.4) is 0 Å². The van der Waals surface area contributed by atoms with E-state index in [-0.39, 0.29) is 5.82 Å². The van der Waals surface area contributed by atoms with E-state index in [1.54, 1.807) is 5.38 Å². The van der Waals surface area contributed by atoms with E-state index in [2.05, 4.69) is 6.07 Å². The molecule has 0 aliphatic heterocycles. The molecule has 15 heavy (non-hydrogen) atoms. The largest absolute Gasteiger partial charge is 0.205 e. The van der Waals surface area contributed by atoms with Gasteiger partial charge in [0.15, 0.2) is 0 Å². The van der Waals surface area contributed by atoms with Crippen LogP contribution in [0.25, 0.3) is 10.1 Å². The maximum Gasteiger partial charge on any atom is 0.141 e. The van der Waals surface area contributed by atoms with Gasteiger partial charge in [-0.15, -0.1) is 11.3 Å². The molecular formula is C12H8FNS. The fraction of sp³-hybridized carbons (Fsp3) is 0.250.